The molecule has 0 fully saturated rings. The van der Waals surface area contributed by atoms with E-state index < -0.39 is 27.3 Å². The van der Waals surface area contributed by atoms with E-state index in [2.05, 4.69) is 4.74 Å². The van der Waals surface area contributed by atoms with Gasteiger partial charge in [0.15, 0.2) is 15.6 Å². The van der Waals surface area contributed by atoms with Crippen molar-refractivity contribution in [2.24, 2.45) is 0 Å². The van der Waals surface area contributed by atoms with Crippen LogP contribution in [0.3, 0.4) is 0 Å². The third-order valence-corrected chi connectivity index (χ3v) is 5.13. The first-order chi connectivity index (χ1) is 11.3. The van der Waals surface area contributed by atoms with Gasteiger partial charge in [-0.1, -0.05) is 18.2 Å². The van der Waals surface area contributed by atoms with Crippen molar-refractivity contribution in [1.82, 2.24) is 0 Å². The molecule has 0 aliphatic rings. The van der Waals surface area contributed by atoms with Gasteiger partial charge in [0.1, 0.15) is 11.3 Å². The first-order valence-corrected chi connectivity index (χ1v) is 8.64. The van der Waals surface area contributed by atoms with Gasteiger partial charge in [-0.3, -0.25) is 4.79 Å². The number of benzene rings is 2. The topological polar surface area (TPSA) is 97.7 Å². The molecule has 0 saturated heterocycles. The largest absolute Gasteiger partial charge is 0.507 e. The second-order valence-corrected chi connectivity index (χ2v) is 7.14. The molecule has 0 spiro atoms. The molecule has 2 aromatic carbocycles. The van der Waals surface area contributed by atoms with Crippen molar-refractivity contribution in [3.63, 3.8) is 0 Å². The van der Waals surface area contributed by atoms with E-state index >= 15 is 0 Å². The van der Waals surface area contributed by atoms with E-state index in [9.17, 15) is 23.1 Å². The lowest BCUT2D eigenvalue weighted by atomic mass is 10.0. The number of esters is 1. The Labute approximate surface area is 139 Å². The maximum atomic E-state index is 12.5. The molecule has 0 amide bonds. The van der Waals surface area contributed by atoms with Gasteiger partial charge >= 0.3 is 5.97 Å². The van der Waals surface area contributed by atoms with Crippen LogP contribution < -0.4 is 0 Å². The molecule has 126 valence electrons. The van der Waals surface area contributed by atoms with Crippen molar-refractivity contribution in [2.45, 2.75) is 17.6 Å². The molecule has 6 nitrogen and oxygen atoms in total. The summed E-state index contributed by atoms with van der Waals surface area (Å²) in [5.74, 6) is -2.27. The highest BCUT2D eigenvalue weighted by Gasteiger charge is 2.23. The average Bonchev–Trinajstić information content (AvgIpc) is 2.56. The summed E-state index contributed by atoms with van der Waals surface area (Å²) >= 11 is 0. The van der Waals surface area contributed by atoms with Gasteiger partial charge in [0.2, 0.25) is 0 Å². The quantitative estimate of drug-likeness (QED) is 0.658. The fourth-order valence-electron chi connectivity index (χ4n) is 2.19. The number of sulfone groups is 1. The third-order valence-electron chi connectivity index (χ3n) is 3.45. The number of carbonyl (C=O) groups is 2. The molecule has 2 aromatic rings. The van der Waals surface area contributed by atoms with Gasteiger partial charge in [-0.25, -0.2) is 13.2 Å². The van der Waals surface area contributed by atoms with Crippen LogP contribution in [0.4, 0.5) is 0 Å². The number of methoxy groups -OCH3 is 1. The number of phenols is 1. The van der Waals surface area contributed by atoms with E-state index in [1.54, 1.807) is 18.2 Å². The Balaban J connectivity index is 2.56. The first kappa shape index (κ1) is 17.7. The Morgan fingerprint density at radius 1 is 1.12 bits per heavy atom. The molecule has 0 aliphatic heterocycles. The molecule has 0 bridgehead atoms. The van der Waals surface area contributed by atoms with E-state index in [4.69, 9.17) is 0 Å². The molecule has 0 saturated carbocycles. The van der Waals surface area contributed by atoms with E-state index in [-0.39, 0.29) is 27.4 Å². The number of phenolic OH excluding ortho intramolecular Hbond substituents is 1. The van der Waals surface area contributed by atoms with Gasteiger partial charge in [-0.15, -0.1) is 0 Å². The number of carbonyl (C=O) groups excluding carboxylic acids is 2. The number of rotatable bonds is 5. The molecule has 0 radical (unpaired) electrons. The molecular formula is C17H16O6S. The summed E-state index contributed by atoms with van der Waals surface area (Å²) in [5, 5.41) is 10.2. The zero-order valence-corrected chi connectivity index (χ0v) is 14.0. The van der Waals surface area contributed by atoms with Crippen molar-refractivity contribution in [3.05, 3.63) is 59.2 Å². The molecule has 0 aliphatic carbocycles. The van der Waals surface area contributed by atoms with E-state index in [1.807, 2.05) is 0 Å². The van der Waals surface area contributed by atoms with Crippen molar-refractivity contribution in [3.8, 4) is 5.75 Å². The number of hydrogen-bond acceptors (Lipinski definition) is 6. The van der Waals surface area contributed by atoms with Crippen LogP contribution in [-0.2, 0) is 20.3 Å². The zero-order valence-electron chi connectivity index (χ0n) is 13.1. The Bertz CT molecular complexity index is 885. The van der Waals surface area contributed by atoms with Crippen molar-refractivity contribution < 1.29 is 27.9 Å². The fourth-order valence-corrected chi connectivity index (χ4v) is 3.56. The van der Waals surface area contributed by atoms with Gasteiger partial charge in [0.25, 0.3) is 0 Å². The van der Waals surface area contributed by atoms with Crippen LogP contribution in [0.1, 0.15) is 33.2 Å². The van der Waals surface area contributed by atoms with Crippen LogP contribution in [0, 0.1) is 0 Å². The number of ether oxygens (including phenoxy) is 1. The minimum Gasteiger partial charge on any atom is -0.507 e. The molecule has 1 N–H and O–H groups in total. The second kappa shape index (κ2) is 6.84. The lowest BCUT2D eigenvalue weighted by Gasteiger charge is -2.11. The van der Waals surface area contributed by atoms with Crippen molar-refractivity contribution in [2.75, 3.05) is 7.11 Å². The van der Waals surface area contributed by atoms with E-state index in [0.29, 0.717) is 0 Å². The van der Waals surface area contributed by atoms with Crippen LogP contribution in [0.5, 0.6) is 5.75 Å². The third kappa shape index (κ3) is 3.62. The van der Waals surface area contributed by atoms with Crippen LogP contribution >= 0.6 is 0 Å². The summed E-state index contributed by atoms with van der Waals surface area (Å²) in [5.41, 5.74) is -0.165. The van der Waals surface area contributed by atoms with Crippen LogP contribution in [0.2, 0.25) is 0 Å². The monoisotopic (exact) mass is 348 g/mol. The van der Waals surface area contributed by atoms with Crippen LogP contribution in [0.15, 0.2) is 47.4 Å². The number of aromatic hydroxyl groups is 1. The average molecular weight is 348 g/mol. The normalized spacial score (nSPS) is 11.1. The number of Topliss-reactive ketones (excluding diaryl/α,β-unsaturated/α-hetero) is 1. The smallest absolute Gasteiger partial charge is 0.341 e. The predicted molar refractivity (Wildman–Crippen MR) is 86.8 cm³/mol. The SMILES string of the molecule is COC(=O)c1cc(C(C)=O)cc(CS(=O)(=O)c2ccccc2)c1O. The molecule has 0 atom stereocenters. The van der Waals surface area contributed by atoms with Gasteiger partial charge in [-0.05, 0) is 31.2 Å². The molecule has 24 heavy (non-hydrogen) atoms. The summed E-state index contributed by atoms with van der Waals surface area (Å²) < 4.78 is 29.5. The van der Waals surface area contributed by atoms with Gasteiger partial charge in [0, 0.05) is 11.1 Å². The molecule has 0 unspecified atom stereocenters. The summed E-state index contributed by atoms with van der Waals surface area (Å²) in [6.07, 6.45) is 0. The predicted octanol–water partition coefficient (Wildman–Crippen LogP) is 2.36. The molecule has 0 heterocycles. The molecular weight excluding hydrogens is 332 g/mol. The maximum absolute atomic E-state index is 12.5. The highest BCUT2D eigenvalue weighted by Crippen LogP contribution is 2.29. The van der Waals surface area contributed by atoms with E-state index in [1.165, 1.54) is 31.2 Å². The number of hydrogen-bond donors (Lipinski definition) is 1. The Morgan fingerprint density at radius 2 is 1.75 bits per heavy atom. The highest BCUT2D eigenvalue weighted by atomic mass is 32.2. The maximum Gasteiger partial charge on any atom is 0.341 e. The van der Waals surface area contributed by atoms with Crippen LogP contribution in [-0.4, -0.2) is 32.4 Å². The highest BCUT2D eigenvalue weighted by molar-refractivity contribution is 7.90. The van der Waals surface area contributed by atoms with Crippen LogP contribution in [0.25, 0.3) is 0 Å². The Kier molecular flexibility index (Phi) is 5.04. The second-order valence-electron chi connectivity index (χ2n) is 5.15. The molecule has 2 rings (SSSR count). The Morgan fingerprint density at radius 3 is 2.29 bits per heavy atom. The minimum atomic E-state index is -3.75. The zero-order chi connectivity index (χ0) is 17.9. The number of ketones is 1. The van der Waals surface area contributed by atoms with Gasteiger partial charge in [-0.2, -0.15) is 0 Å². The molecule has 7 heteroatoms. The summed E-state index contributed by atoms with van der Waals surface area (Å²) in [4.78, 5) is 23.5. The Hall–Kier alpha value is -2.67. The lowest BCUT2D eigenvalue weighted by molar-refractivity contribution is 0.0597. The summed E-state index contributed by atoms with van der Waals surface area (Å²) in [6, 6.07) is 10.2. The van der Waals surface area contributed by atoms with Gasteiger partial charge < -0.3 is 9.84 Å². The lowest BCUT2D eigenvalue weighted by Crippen LogP contribution is -2.10. The summed E-state index contributed by atoms with van der Waals surface area (Å²) in [6.45, 7) is 1.28. The minimum absolute atomic E-state index is 0.0352. The van der Waals surface area contributed by atoms with Gasteiger partial charge in [0.05, 0.1) is 17.8 Å². The fraction of sp³-hybridized carbons (Fsp3) is 0.176. The standard InChI is InChI=1S/C17H16O6S/c1-11(18)12-8-13(16(19)15(9-12)17(20)23-2)10-24(21,22)14-6-4-3-5-7-14/h3-9,19H,10H2,1-2H3. The van der Waals surface area contributed by atoms with E-state index in [0.717, 1.165) is 7.11 Å². The molecule has 0 aromatic heterocycles. The first-order valence-electron chi connectivity index (χ1n) is 6.99. The summed E-state index contributed by atoms with van der Waals surface area (Å²) in [7, 11) is -2.62. The van der Waals surface area contributed by atoms with Crippen molar-refractivity contribution in [1.29, 1.82) is 0 Å². The van der Waals surface area contributed by atoms with Crippen molar-refractivity contribution >= 4 is 21.6 Å².